The maximum atomic E-state index is 6.38. The van der Waals surface area contributed by atoms with Crippen molar-refractivity contribution in [1.29, 1.82) is 0 Å². The van der Waals surface area contributed by atoms with Gasteiger partial charge in [0.1, 0.15) is 0 Å². The second-order valence-electron chi connectivity index (χ2n) is 6.36. The Balaban J connectivity index is 2.29. The van der Waals surface area contributed by atoms with Gasteiger partial charge in [0, 0.05) is 4.47 Å². The Kier molecular flexibility index (Phi) is 4.36. The number of halogens is 1. The maximum absolute atomic E-state index is 6.38. The summed E-state index contributed by atoms with van der Waals surface area (Å²) >= 11 is 3.53. The van der Waals surface area contributed by atoms with Gasteiger partial charge < -0.3 is 5.73 Å². The number of benzene rings is 2. The van der Waals surface area contributed by atoms with Crippen LogP contribution in [0, 0.1) is 6.92 Å². The molecule has 20 heavy (non-hydrogen) atoms. The van der Waals surface area contributed by atoms with E-state index in [2.05, 4.69) is 86.1 Å². The Bertz CT molecular complexity index is 594. The summed E-state index contributed by atoms with van der Waals surface area (Å²) in [6.07, 6.45) is 0. The van der Waals surface area contributed by atoms with Crippen LogP contribution in [0.1, 0.15) is 49.1 Å². The van der Waals surface area contributed by atoms with E-state index in [9.17, 15) is 0 Å². The normalized spacial score (nSPS) is 13.3. The highest BCUT2D eigenvalue weighted by Crippen LogP contribution is 2.27. The number of aryl methyl sites for hydroxylation is 1. The first kappa shape index (κ1) is 15.3. The quantitative estimate of drug-likeness (QED) is 0.813. The Labute approximate surface area is 130 Å². The van der Waals surface area contributed by atoms with Gasteiger partial charge in [-0.05, 0) is 40.7 Å². The van der Waals surface area contributed by atoms with Crippen molar-refractivity contribution in [1.82, 2.24) is 0 Å². The highest BCUT2D eigenvalue weighted by Gasteiger charge is 2.15. The molecule has 0 heterocycles. The molecule has 2 aromatic carbocycles. The van der Waals surface area contributed by atoms with Crippen molar-refractivity contribution in [2.45, 2.75) is 39.2 Å². The van der Waals surface area contributed by atoms with Crippen molar-refractivity contribution < 1.29 is 0 Å². The standard InChI is InChI=1S/C18H22BrN/c1-12-11-14(7-10-16(12)19)17(20)13-5-8-15(9-6-13)18(2,3)4/h5-11,17H,20H2,1-4H3. The van der Waals surface area contributed by atoms with E-state index in [1.54, 1.807) is 0 Å². The number of hydrogen-bond donors (Lipinski definition) is 1. The molecule has 2 aromatic rings. The minimum absolute atomic E-state index is 0.0733. The number of nitrogens with two attached hydrogens (primary N) is 1. The molecule has 0 amide bonds. The third kappa shape index (κ3) is 3.31. The molecule has 0 spiro atoms. The molecule has 0 saturated heterocycles. The van der Waals surface area contributed by atoms with Gasteiger partial charge in [-0.2, -0.15) is 0 Å². The zero-order valence-electron chi connectivity index (χ0n) is 12.6. The summed E-state index contributed by atoms with van der Waals surface area (Å²) in [5, 5.41) is 0. The molecule has 0 fully saturated rings. The van der Waals surface area contributed by atoms with Crippen molar-refractivity contribution in [3.05, 3.63) is 69.2 Å². The minimum atomic E-state index is -0.0733. The van der Waals surface area contributed by atoms with Crippen LogP contribution in [0.4, 0.5) is 0 Å². The predicted octanol–water partition coefficient (Wildman–Crippen LogP) is 5.10. The van der Waals surface area contributed by atoms with E-state index >= 15 is 0 Å². The predicted molar refractivity (Wildman–Crippen MR) is 90.1 cm³/mol. The van der Waals surface area contributed by atoms with Crippen LogP contribution in [-0.4, -0.2) is 0 Å². The summed E-state index contributed by atoms with van der Waals surface area (Å²) in [7, 11) is 0. The molecule has 106 valence electrons. The molecule has 0 radical (unpaired) electrons. The van der Waals surface area contributed by atoms with Crippen molar-refractivity contribution in [3.8, 4) is 0 Å². The summed E-state index contributed by atoms with van der Waals surface area (Å²) < 4.78 is 1.12. The van der Waals surface area contributed by atoms with Crippen LogP contribution in [0.25, 0.3) is 0 Å². The average Bonchev–Trinajstić information content (AvgIpc) is 2.40. The highest BCUT2D eigenvalue weighted by molar-refractivity contribution is 9.10. The lowest BCUT2D eigenvalue weighted by Gasteiger charge is -2.20. The first-order valence-corrected chi connectivity index (χ1v) is 7.70. The molecule has 0 saturated carbocycles. The SMILES string of the molecule is Cc1cc(C(N)c2ccc(C(C)(C)C)cc2)ccc1Br. The fourth-order valence-electron chi connectivity index (χ4n) is 2.24. The van der Waals surface area contributed by atoms with Gasteiger partial charge in [-0.3, -0.25) is 0 Å². The van der Waals surface area contributed by atoms with Crippen molar-refractivity contribution in [3.63, 3.8) is 0 Å². The van der Waals surface area contributed by atoms with E-state index in [1.165, 1.54) is 11.1 Å². The van der Waals surface area contributed by atoms with Crippen molar-refractivity contribution >= 4 is 15.9 Å². The van der Waals surface area contributed by atoms with E-state index in [0.29, 0.717) is 0 Å². The second kappa shape index (κ2) is 5.71. The molecule has 1 nitrogen and oxygen atoms in total. The van der Waals surface area contributed by atoms with Crippen molar-refractivity contribution in [2.75, 3.05) is 0 Å². The summed E-state index contributed by atoms with van der Waals surface area (Å²) in [5.41, 5.74) is 11.4. The highest BCUT2D eigenvalue weighted by atomic mass is 79.9. The molecule has 2 N–H and O–H groups in total. The lowest BCUT2D eigenvalue weighted by Crippen LogP contribution is -2.14. The van der Waals surface area contributed by atoms with Crippen LogP contribution in [0.5, 0.6) is 0 Å². The fraction of sp³-hybridized carbons (Fsp3) is 0.333. The van der Waals surface area contributed by atoms with Crippen LogP contribution in [0.15, 0.2) is 46.9 Å². The molecular weight excluding hydrogens is 310 g/mol. The molecule has 0 aliphatic heterocycles. The van der Waals surface area contributed by atoms with Gasteiger partial charge in [-0.25, -0.2) is 0 Å². The molecule has 2 heteroatoms. The third-order valence-electron chi connectivity index (χ3n) is 3.68. The summed E-state index contributed by atoms with van der Waals surface area (Å²) in [5.74, 6) is 0. The van der Waals surface area contributed by atoms with Crippen LogP contribution in [-0.2, 0) is 5.41 Å². The largest absolute Gasteiger partial charge is 0.320 e. The molecule has 0 bridgehead atoms. The van der Waals surface area contributed by atoms with Gasteiger partial charge in [-0.1, -0.05) is 73.1 Å². The van der Waals surface area contributed by atoms with E-state index in [1.807, 2.05) is 0 Å². The van der Waals surface area contributed by atoms with Crippen molar-refractivity contribution in [2.24, 2.45) is 5.73 Å². The van der Waals surface area contributed by atoms with Crippen LogP contribution in [0.2, 0.25) is 0 Å². The third-order valence-corrected chi connectivity index (χ3v) is 4.57. The second-order valence-corrected chi connectivity index (χ2v) is 7.21. The Morgan fingerprint density at radius 1 is 0.950 bits per heavy atom. The summed E-state index contributed by atoms with van der Waals surface area (Å²) in [6.45, 7) is 8.75. The van der Waals surface area contributed by atoms with E-state index in [-0.39, 0.29) is 11.5 Å². The molecule has 2 rings (SSSR count). The van der Waals surface area contributed by atoms with Gasteiger partial charge in [0.2, 0.25) is 0 Å². The zero-order chi connectivity index (χ0) is 14.9. The van der Waals surface area contributed by atoms with E-state index in [0.717, 1.165) is 15.6 Å². The first-order chi connectivity index (χ1) is 9.29. The molecule has 0 aliphatic rings. The van der Waals surface area contributed by atoms with Gasteiger partial charge in [0.15, 0.2) is 0 Å². The van der Waals surface area contributed by atoms with E-state index < -0.39 is 0 Å². The average molecular weight is 332 g/mol. The Morgan fingerprint density at radius 3 is 2.00 bits per heavy atom. The summed E-state index contributed by atoms with van der Waals surface area (Å²) in [6, 6.07) is 14.9. The topological polar surface area (TPSA) is 26.0 Å². The van der Waals surface area contributed by atoms with Gasteiger partial charge in [0.25, 0.3) is 0 Å². The monoisotopic (exact) mass is 331 g/mol. The van der Waals surface area contributed by atoms with Crippen LogP contribution < -0.4 is 5.73 Å². The molecular formula is C18H22BrN. The lowest BCUT2D eigenvalue weighted by atomic mass is 9.86. The smallest absolute Gasteiger partial charge is 0.0551 e. The maximum Gasteiger partial charge on any atom is 0.0551 e. The molecule has 1 atom stereocenters. The molecule has 1 unspecified atom stereocenters. The zero-order valence-corrected chi connectivity index (χ0v) is 14.2. The summed E-state index contributed by atoms with van der Waals surface area (Å²) in [4.78, 5) is 0. The van der Waals surface area contributed by atoms with Gasteiger partial charge in [0.05, 0.1) is 6.04 Å². The molecule has 0 aromatic heterocycles. The fourth-order valence-corrected chi connectivity index (χ4v) is 2.49. The number of hydrogen-bond acceptors (Lipinski definition) is 1. The van der Waals surface area contributed by atoms with Gasteiger partial charge >= 0.3 is 0 Å². The van der Waals surface area contributed by atoms with Crippen LogP contribution >= 0.6 is 15.9 Å². The Hall–Kier alpha value is -1.12. The first-order valence-electron chi connectivity index (χ1n) is 6.91. The van der Waals surface area contributed by atoms with Crippen LogP contribution in [0.3, 0.4) is 0 Å². The minimum Gasteiger partial charge on any atom is -0.320 e. The lowest BCUT2D eigenvalue weighted by molar-refractivity contribution is 0.589. The van der Waals surface area contributed by atoms with Gasteiger partial charge in [-0.15, -0.1) is 0 Å². The molecule has 0 aliphatic carbocycles. The number of rotatable bonds is 2. The van der Waals surface area contributed by atoms with E-state index in [4.69, 9.17) is 5.73 Å². The Morgan fingerprint density at radius 2 is 1.50 bits per heavy atom.